The number of ether oxygens (including phenoxy) is 1. The van der Waals surface area contributed by atoms with E-state index >= 15 is 0 Å². The molecule has 0 radical (unpaired) electrons. The predicted molar refractivity (Wildman–Crippen MR) is 80.0 cm³/mol. The zero-order valence-electron chi connectivity index (χ0n) is 12.1. The van der Waals surface area contributed by atoms with Crippen molar-refractivity contribution >= 4 is 5.95 Å². The fourth-order valence-electron chi connectivity index (χ4n) is 2.96. The zero-order valence-corrected chi connectivity index (χ0v) is 12.1. The summed E-state index contributed by atoms with van der Waals surface area (Å²) in [4.78, 5) is 6.87. The zero-order chi connectivity index (χ0) is 14.2. The summed E-state index contributed by atoms with van der Waals surface area (Å²) in [5.74, 6) is 1.61. The number of anilines is 1. The molecular formula is C15H19N5O. The Labute approximate surface area is 123 Å². The van der Waals surface area contributed by atoms with Crippen molar-refractivity contribution in [2.75, 3.05) is 24.5 Å². The number of aromatic nitrogens is 3. The number of H-pyrrole nitrogens is 1. The maximum absolute atomic E-state index is 5.46. The first kappa shape index (κ1) is 12.8. The monoisotopic (exact) mass is 285 g/mol. The quantitative estimate of drug-likeness (QED) is 0.870. The standard InChI is InChI=1S/C15H19N5O/c1-10-7-20(5-4-16-10)15-17-14(18-19-15)11-2-3-12-8-21-9-13(12)6-11/h2-3,6,10,16H,4-5,7-9H2,1H3,(H,17,18,19)/t10-/m0/s1. The molecule has 0 saturated carbocycles. The molecule has 2 aromatic rings. The van der Waals surface area contributed by atoms with Crippen LogP contribution in [0.1, 0.15) is 18.1 Å². The molecule has 110 valence electrons. The molecule has 0 aliphatic carbocycles. The van der Waals surface area contributed by atoms with Crippen molar-refractivity contribution in [2.24, 2.45) is 0 Å². The fraction of sp³-hybridized carbons (Fsp3) is 0.467. The Balaban J connectivity index is 1.59. The second kappa shape index (κ2) is 5.13. The Hall–Kier alpha value is -1.92. The highest BCUT2D eigenvalue weighted by Crippen LogP contribution is 2.26. The van der Waals surface area contributed by atoms with Crippen LogP contribution in [-0.2, 0) is 18.0 Å². The third kappa shape index (κ3) is 2.41. The summed E-state index contributed by atoms with van der Waals surface area (Å²) >= 11 is 0. The first-order valence-corrected chi connectivity index (χ1v) is 7.40. The predicted octanol–water partition coefficient (Wildman–Crippen LogP) is 1.30. The number of hydrogen-bond acceptors (Lipinski definition) is 5. The highest BCUT2D eigenvalue weighted by Gasteiger charge is 2.20. The van der Waals surface area contributed by atoms with Crippen LogP contribution in [0.25, 0.3) is 11.4 Å². The van der Waals surface area contributed by atoms with Crippen molar-refractivity contribution in [3.63, 3.8) is 0 Å². The van der Waals surface area contributed by atoms with E-state index in [4.69, 9.17) is 4.74 Å². The van der Waals surface area contributed by atoms with Gasteiger partial charge in [0.2, 0.25) is 5.95 Å². The number of hydrogen-bond donors (Lipinski definition) is 2. The smallest absolute Gasteiger partial charge is 0.245 e. The lowest BCUT2D eigenvalue weighted by atomic mass is 10.1. The second-order valence-electron chi connectivity index (χ2n) is 5.76. The van der Waals surface area contributed by atoms with Gasteiger partial charge in [-0.2, -0.15) is 4.98 Å². The van der Waals surface area contributed by atoms with Gasteiger partial charge in [-0.15, -0.1) is 5.10 Å². The third-order valence-electron chi connectivity index (χ3n) is 4.12. The number of nitrogens with zero attached hydrogens (tertiary/aromatic N) is 3. The molecule has 4 rings (SSSR count). The molecule has 1 fully saturated rings. The summed E-state index contributed by atoms with van der Waals surface area (Å²) in [5.41, 5.74) is 3.59. The van der Waals surface area contributed by atoms with E-state index in [0.717, 1.165) is 43.6 Å². The molecule has 0 amide bonds. The van der Waals surface area contributed by atoms with Crippen molar-refractivity contribution in [3.05, 3.63) is 29.3 Å². The van der Waals surface area contributed by atoms with E-state index in [1.807, 2.05) is 0 Å². The Kier molecular flexibility index (Phi) is 3.12. The number of aromatic amines is 1. The SMILES string of the molecule is C[C@H]1CN(c2n[nH]c(-c3ccc4c(c3)COC4)n2)CCN1. The van der Waals surface area contributed by atoms with Gasteiger partial charge in [-0.25, -0.2) is 0 Å². The molecule has 1 aromatic carbocycles. The van der Waals surface area contributed by atoms with Crippen LogP contribution in [0, 0.1) is 0 Å². The Bertz CT molecular complexity index is 653. The summed E-state index contributed by atoms with van der Waals surface area (Å²) in [5, 5.41) is 10.9. The highest BCUT2D eigenvalue weighted by molar-refractivity contribution is 5.59. The van der Waals surface area contributed by atoms with Crippen molar-refractivity contribution in [3.8, 4) is 11.4 Å². The lowest BCUT2D eigenvalue weighted by molar-refractivity contribution is 0.134. The van der Waals surface area contributed by atoms with Crippen LogP contribution in [0.3, 0.4) is 0 Å². The lowest BCUT2D eigenvalue weighted by Gasteiger charge is -2.30. The van der Waals surface area contributed by atoms with Crippen LogP contribution in [-0.4, -0.2) is 40.9 Å². The van der Waals surface area contributed by atoms with E-state index in [2.05, 4.69) is 50.5 Å². The molecule has 6 nitrogen and oxygen atoms in total. The van der Waals surface area contributed by atoms with E-state index < -0.39 is 0 Å². The topological polar surface area (TPSA) is 66.1 Å². The van der Waals surface area contributed by atoms with E-state index in [1.54, 1.807) is 0 Å². The summed E-state index contributed by atoms with van der Waals surface area (Å²) in [6, 6.07) is 6.82. The Morgan fingerprint density at radius 3 is 3.10 bits per heavy atom. The Morgan fingerprint density at radius 1 is 1.29 bits per heavy atom. The molecular weight excluding hydrogens is 266 g/mol. The minimum Gasteiger partial charge on any atom is -0.372 e. The first-order chi connectivity index (χ1) is 10.3. The second-order valence-corrected chi connectivity index (χ2v) is 5.76. The van der Waals surface area contributed by atoms with Gasteiger partial charge >= 0.3 is 0 Å². The number of piperazine rings is 1. The molecule has 3 heterocycles. The van der Waals surface area contributed by atoms with Gasteiger partial charge in [0.05, 0.1) is 13.2 Å². The van der Waals surface area contributed by atoms with Crippen LogP contribution in [0.2, 0.25) is 0 Å². The lowest BCUT2D eigenvalue weighted by Crippen LogP contribution is -2.49. The molecule has 2 N–H and O–H groups in total. The molecule has 6 heteroatoms. The number of benzene rings is 1. The van der Waals surface area contributed by atoms with Gasteiger partial charge in [0.25, 0.3) is 0 Å². The van der Waals surface area contributed by atoms with Crippen molar-refractivity contribution < 1.29 is 4.74 Å². The number of rotatable bonds is 2. The molecule has 21 heavy (non-hydrogen) atoms. The van der Waals surface area contributed by atoms with E-state index in [-0.39, 0.29) is 0 Å². The van der Waals surface area contributed by atoms with Crippen LogP contribution in [0.15, 0.2) is 18.2 Å². The molecule has 1 atom stereocenters. The molecule has 1 aromatic heterocycles. The van der Waals surface area contributed by atoms with Crippen molar-refractivity contribution in [2.45, 2.75) is 26.2 Å². The van der Waals surface area contributed by atoms with Crippen molar-refractivity contribution in [1.82, 2.24) is 20.5 Å². The van der Waals surface area contributed by atoms with Crippen LogP contribution < -0.4 is 10.2 Å². The van der Waals surface area contributed by atoms with E-state index in [0.29, 0.717) is 12.6 Å². The third-order valence-corrected chi connectivity index (χ3v) is 4.12. The molecule has 1 saturated heterocycles. The van der Waals surface area contributed by atoms with Crippen LogP contribution in [0.4, 0.5) is 5.95 Å². The van der Waals surface area contributed by atoms with Crippen LogP contribution in [0.5, 0.6) is 0 Å². The molecule has 2 aliphatic heterocycles. The molecule has 0 spiro atoms. The number of nitrogens with one attached hydrogen (secondary N) is 2. The van der Waals surface area contributed by atoms with Gasteiger partial charge in [-0.1, -0.05) is 12.1 Å². The van der Waals surface area contributed by atoms with Crippen LogP contribution >= 0.6 is 0 Å². The van der Waals surface area contributed by atoms with E-state index in [1.165, 1.54) is 11.1 Å². The first-order valence-electron chi connectivity index (χ1n) is 7.40. The summed E-state index contributed by atoms with van der Waals surface area (Å²) in [6.45, 7) is 6.45. The molecule has 2 aliphatic rings. The van der Waals surface area contributed by atoms with Gasteiger partial charge in [-0.05, 0) is 24.1 Å². The van der Waals surface area contributed by atoms with E-state index in [9.17, 15) is 0 Å². The normalized spacial score (nSPS) is 21.6. The van der Waals surface area contributed by atoms with Gasteiger partial charge in [0.15, 0.2) is 5.82 Å². The fourth-order valence-corrected chi connectivity index (χ4v) is 2.96. The molecule has 0 unspecified atom stereocenters. The van der Waals surface area contributed by atoms with Crippen molar-refractivity contribution in [1.29, 1.82) is 0 Å². The van der Waals surface area contributed by atoms with Gasteiger partial charge in [0, 0.05) is 31.2 Å². The largest absolute Gasteiger partial charge is 0.372 e. The Morgan fingerprint density at radius 2 is 2.19 bits per heavy atom. The molecule has 0 bridgehead atoms. The summed E-state index contributed by atoms with van der Waals surface area (Å²) in [7, 11) is 0. The maximum atomic E-state index is 5.46. The minimum absolute atomic E-state index is 0.470. The minimum atomic E-state index is 0.470. The average Bonchev–Trinajstić information content (AvgIpc) is 3.15. The summed E-state index contributed by atoms with van der Waals surface area (Å²) < 4.78 is 5.46. The van der Waals surface area contributed by atoms with Gasteiger partial charge in [-0.3, -0.25) is 5.10 Å². The number of fused-ring (bicyclic) bond motifs is 1. The average molecular weight is 285 g/mol. The van der Waals surface area contributed by atoms with Gasteiger partial charge < -0.3 is 15.0 Å². The summed E-state index contributed by atoms with van der Waals surface area (Å²) in [6.07, 6.45) is 0. The maximum Gasteiger partial charge on any atom is 0.245 e. The highest BCUT2D eigenvalue weighted by atomic mass is 16.5. The van der Waals surface area contributed by atoms with Gasteiger partial charge in [0.1, 0.15) is 0 Å².